The summed E-state index contributed by atoms with van der Waals surface area (Å²) in [5.41, 5.74) is 2.60. The van der Waals surface area contributed by atoms with Crippen molar-refractivity contribution in [2.45, 2.75) is 13.8 Å². The van der Waals surface area contributed by atoms with Gasteiger partial charge in [-0.25, -0.2) is 0 Å². The summed E-state index contributed by atoms with van der Waals surface area (Å²) in [6.45, 7) is 4.51. The number of ether oxygens (including phenoxy) is 1. The number of Topliss-reactive ketones (excluding diaryl/α,β-unsaturated/α-hetero) is 1. The molecule has 17 heavy (non-hydrogen) atoms. The molecule has 0 aliphatic carbocycles. The van der Waals surface area contributed by atoms with Crippen LogP contribution < -0.4 is 10.1 Å². The van der Waals surface area contributed by atoms with E-state index in [4.69, 9.17) is 9.84 Å². The second kappa shape index (κ2) is 6.37. The monoisotopic (exact) mass is 237 g/mol. The van der Waals surface area contributed by atoms with Gasteiger partial charge in [0.1, 0.15) is 5.75 Å². The number of rotatable bonds is 6. The first-order chi connectivity index (χ1) is 8.10. The van der Waals surface area contributed by atoms with Crippen LogP contribution >= 0.6 is 0 Å². The van der Waals surface area contributed by atoms with E-state index in [0.29, 0.717) is 17.9 Å². The van der Waals surface area contributed by atoms with Crippen LogP contribution in [0.4, 0.5) is 0 Å². The predicted octanol–water partition coefficient (Wildman–Crippen LogP) is 1.08. The fourth-order valence-electron chi connectivity index (χ4n) is 1.82. The summed E-state index contributed by atoms with van der Waals surface area (Å²) in [7, 11) is 1.56. The van der Waals surface area contributed by atoms with E-state index in [1.54, 1.807) is 7.11 Å². The molecule has 1 aromatic rings. The van der Waals surface area contributed by atoms with E-state index in [9.17, 15) is 4.79 Å². The fourth-order valence-corrected chi connectivity index (χ4v) is 1.82. The molecule has 0 bridgehead atoms. The van der Waals surface area contributed by atoms with Gasteiger partial charge in [-0.15, -0.1) is 0 Å². The van der Waals surface area contributed by atoms with Crippen molar-refractivity contribution in [1.29, 1.82) is 0 Å². The Morgan fingerprint density at radius 1 is 1.41 bits per heavy atom. The van der Waals surface area contributed by atoms with Crippen LogP contribution in [-0.4, -0.2) is 37.7 Å². The summed E-state index contributed by atoms with van der Waals surface area (Å²) < 4.78 is 5.24. The first kappa shape index (κ1) is 13.7. The molecule has 4 heteroatoms. The number of carbonyl (C=O) groups is 1. The van der Waals surface area contributed by atoms with Gasteiger partial charge in [0.2, 0.25) is 0 Å². The molecule has 0 radical (unpaired) electrons. The van der Waals surface area contributed by atoms with Crippen molar-refractivity contribution in [1.82, 2.24) is 5.32 Å². The van der Waals surface area contributed by atoms with Crippen molar-refractivity contribution in [3.8, 4) is 5.75 Å². The molecule has 0 amide bonds. The van der Waals surface area contributed by atoms with Gasteiger partial charge in [0, 0.05) is 6.54 Å². The summed E-state index contributed by atoms with van der Waals surface area (Å²) >= 11 is 0. The zero-order valence-electron chi connectivity index (χ0n) is 10.5. The summed E-state index contributed by atoms with van der Waals surface area (Å²) in [4.78, 5) is 12.0. The second-order valence-electron chi connectivity index (χ2n) is 3.98. The highest BCUT2D eigenvalue weighted by molar-refractivity contribution is 6.01. The summed E-state index contributed by atoms with van der Waals surface area (Å²) in [6.07, 6.45) is 0. The van der Waals surface area contributed by atoms with Gasteiger partial charge >= 0.3 is 0 Å². The number of aliphatic hydroxyl groups excluding tert-OH is 1. The van der Waals surface area contributed by atoms with E-state index in [-0.39, 0.29) is 18.9 Å². The van der Waals surface area contributed by atoms with Crippen molar-refractivity contribution in [3.05, 3.63) is 28.8 Å². The standard InChI is InChI=1S/C13H19NO3/c1-9-6-10(2)13(12(7-9)17-3)11(16)8-14-4-5-15/h6-7,14-15H,4-5,8H2,1-3H3. The van der Waals surface area contributed by atoms with E-state index >= 15 is 0 Å². The number of carbonyl (C=O) groups excluding carboxylic acids is 1. The van der Waals surface area contributed by atoms with Crippen LogP contribution in [0.1, 0.15) is 21.5 Å². The third-order valence-corrected chi connectivity index (χ3v) is 2.52. The van der Waals surface area contributed by atoms with E-state index in [2.05, 4.69) is 5.32 Å². The van der Waals surface area contributed by atoms with Crippen molar-refractivity contribution >= 4 is 5.78 Å². The highest BCUT2D eigenvalue weighted by Crippen LogP contribution is 2.24. The van der Waals surface area contributed by atoms with E-state index in [0.717, 1.165) is 11.1 Å². The molecule has 2 N–H and O–H groups in total. The number of ketones is 1. The molecular formula is C13H19NO3. The lowest BCUT2D eigenvalue weighted by Crippen LogP contribution is -2.26. The predicted molar refractivity (Wildman–Crippen MR) is 66.8 cm³/mol. The minimum atomic E-state index is -0.0206. The zero-order valence-corrected chi connectivity index (χ0v) is 10.5. The summed E-state index contributed by atoms with van der Waals surface area (Å²) in [5, 5.41) is 11.5. The van der Waals surface area contributed by atoms with Crippen molar-refractivity contribution in [2.24, 2.45) is 0 Å². The molecule has 1 aromatic carbocycles. The Morgan fingerprint density at radius 3 is 2.71 bits per heavy atom. The van der Waals surface area contributed by atoms with Crippen molar-refractivity contribution in [2.75, 3.05) is 26.8 Å². The topological polar surface area (TPSA) is 58.6 Å². The zero-order chi connectivity index (χ0) is 12.8. The van der Waals surface area contributed by atoms with Crippen LogP contribution in [-0.2, 0) is 0 Å². The number of methoxy groups -OCH3 is 1. The van der Waals surface area contributed by atoms with E-state index in [1.165, 1.54) is 0 Å². The van der Waals surface area contributed by atoms with E-state index in [1.807, 2.05) is 26.0 Å². The maximum absolute atomic E-state index is 12.0. The molecule has 1 rings (SSSR count). The number of benzene rings is 1. The number of aliphatic hydroxyl groups is 1. The lowest BCUT2D eigenvalue weighted by atomic mass is 10.0. The van der Waals surface area contributed by atoms with Gasteiger partial charge in [-0.3, -0.25) is 4.79 Å². The average molecular weight is 237 g/mol. The Labute approximate surface area is 102 Å². The molecule has 0 saturated carbocycles. The largest absolute Gasteiger partial charge is 0.496 e. The molecule has 0 aliphatic rings. The minimum Gasteiger partial charge on any atom is -0.496 e. The van der Waals surface area contributed by atoms with Crippen molar-refractivity contribution in [3.63, 3.8) is 0 Å². The van der Waals surface area contributed by atoms with Gasteiger partial charge in [0.05, 0.1) is 25.8 Å². The number of nitrogens with one attached hydrogen (secondary N) is 1. The van der Waals surface area contributed by atoms with Crippen LogP contribution in [0.25, 0.3) is 0 Å². The van der Waals surface area contributed by atoms with Crippen LogP contribution in [0, 0.1) is 13.8 Å². The molecule has 0 aromatic heterocycles. The van der Waals surface area contributed by atoms with Crippen LogP contribution in [0.3, 0.4) is 0 Å². The van der Waals surface area contributed by atoms with Crippen LogP contribution in [0.5, 0.6) is 5.75 Å². The van der Waals surface area contributed by atoms with Gasteiger partial charge in [0.15, 0.2) is 5.78 Å². The van der Waals surface area contributed by atoms with E-state index < -0.39 is 0 Å². The smallest absolute Gasteiger partial charge is 0.180 e. The number of hydrogen-bond acceptors (Lipinski definition) is 4. The Bertz CT molecular complexity index is 402. The molecule has 0 heterocycles. The molecule has 0 aliphatic heterocycles. The Morgan fingerprint density at radius 2 is 2.12 bits per heavy atom. The van der Waals surface area contributed by atoms with Crippen molar-refractivity contribution < 1.29 is 14.6 Å². The quantitative estimate of drug-likeness (QED) is 0.574. The average Bonchev–Trinajstić information content (AvgIpc) is 2.27. The second-order valence-corrected chi connectivity index (χ2v) is 3.98. The van der Waals surface area contributed by atoms with Crippen LogP contribution in [0.2, 0.25) is 0 Å². The fraction of sp³-hybridized carbons (Fsp3) is 0.462. The molecular weight excluding hydrogens is 218 g/mol. The highest BCUT2D eigenvalue weighted by atomic mass is 16.5. The van der Waals surface area contributed by atoms with Crippen LogP contribution in [0.15, 0.2) is 12.1 Å². The summed E-state index contributed by atoms with van der Waals surface area (Å²) in [5.74, 6) is 0.589. The molecule has 0 fully saturated rings. The maximum Gasteiger partial charge on any atom is 0.180 e. The summed E-state index contributed by atoms with van der Waals surface area (Å²) in [6, 6.07) is 3.81. The molecule has 0 unspecified atom stereocenters. The highest BCUT2D eigenvalue weighted by Gasteiger charge is 2.15. The third kappa shape index (κ3) is 3.54. The molecule has 0 saturated heterocycles. The lowest BCUT2D eigenvalue weighted by molar-refractivity contribution is 0.0986. The Kier molecular flexibility index (Phi) is 5.12. The molecule has 0 spiro atoms. The van der Waals surface area contributed by atoms with Gasteiger partial charge in [-0.1, -0.05) is 6.07 Å². The SMILES string of the molecule is COc1cc(C)cc(C)c1C(=O)CNCCO. The normalized spacial score (nSPS) is 10.4. The van der Waals surface area contributed by atoms with Gasteiger partial charge in [-0.05, 0) is 31.0 Å². The third-order valence-electron chi connectivity index (χ3n) is 2.52. The first-order valence-corrected chi connectivity index (χ1v) is 5.60. The Hall–Kier alpha value is -1.39. The Balaban J connectivity index is 2.92. The van der Waals surface area contributed by atoms with Gasteiger partial charge in [-0.2, -0.15) is 0 Å². The number of aryl methyl sites for hydroxylation is 2. The van der Waals surface area contributed by atoms with Gasteiger partial charge < -0.3 is 15.2 Å². The van der Waals surface area contributed by atoms with Gasteiger partial charge in [0.25, 0.3) is 0 Å². The number of hydrogen-bond donors (Lipinski definition) is 2. The molecule has 4 nitrogen and oxygen atoms in total. The molecule has 0 atom stereocenters. The minimum absolute atomic E-state index is 0.0206. The lowest BCUT2D eigenvalue weighted by Gasteiger charge is -2.12. The molecule has 94 valence electrons. The maximum atomic E-state index is 12.0. The first-order valence-electron chi connectivity index (χ1n) is 5.60.